The summed E-state index contributed by atoms with van der Waals surface area (Å²) in [4.78, 5) is 0. The average molecular weight is 340 g/mol. The van der Waals surface area contributed by atoms with Crippen molar-refractivity contribution >= 4 is 37.3 Å². The molecule has 17 heavy (non-hydrogen) atoms. The molecule has 1 unspecified atom stereocenters. The minimum Gasteiger partial charge on any atom is -0.377 e. The Hall–Kier alpha value is 0.0500. The van der Waals surface area contributed by atoms with E-state index in [9.17, 15) is 8.42 Å². The first-order chi connectivity index (χ1) is 8.00. The van der Waals surface area contributed by atoms with E-state index >= 15 is 0 Å². The topological polar surface area (TPSA) is 46.6 Å². The first-order valence-corrected chi connectivity index (χ1v) is 8.38. The van der Waals surface area contributed by atoms with Crippen LogP contribution in [-0.4, -0.2) is 39.0 Å². The molecule has 2 rings (SSSR count). The molecule has 96 valence electrons. The number of hydrogen-bond acceptors (Lipinski definition) is 4. The fraction of sp³-hybridized carbons (Fsp3) is 0.600. The molecule has 1 aliphatic heterocycles. The summed E-state index contributed by atoms with van der Waals surface area (Å²) in [5.41, 5.74) is 0. The molecule has 7 heteroatoms. The average Bonchev–Trinajstić information content (AvgIpc) is 2.89. The molecule has 1 aromatic rings. The maximum atomic E-state index is 12.2. The lowest BCUT2D eigenvalue weighted by atomic mass is 10.2. The molecular weight excluding hydrogens is 326 g/mol. The summed E-state index contributed by atoms with van der Waals surface area (Å²) < 4.78 is 32.4. The fourth-order valence-electron chi connectivity index (χ4n) is 1.76. The fourth-order valence-corrected chi connectivity index (χ4v) is 5.19. The Morgan fingerprint density at radius 3 is 2.88 bits per heavy atom. The molecule has 0 amide bonds. The van der Waals surface area contributed by atoms with Crippen molar-refractivity contribution in [2.24, 2.45) is 0 Å². The van der Waals surface area contributed by atoms with Crippen LogP contribution in [0.4, 0.5) is 0 Å². The Labute approximate surface area is 114 Å². The highest BCUT2D eigenvalue weighted by atomic mass is 79.9. The molecule has 1 aliphatic rings. The van der Waals surface area contributed by atoms with Crippen molar-refractivity contribution in [1.29, 1.82) is 0 Å². The Balaban J connectivity index is 2.09. The summed E-state index contributed by atoms with van der Waals surface area (Å²) in [5, 5.41) is 0. The van der Waals surface area contributed by atoms with Crippen molar-refractivity contribution in [2.75, 3.05) is 20.2 Å². The number of likely N-dealkylation sites (N-methyl/N-ethyl adjacent to an activating group) is 1. The van der Waals surface area contributed by atoms with Gasteiger partial charge in [0.15, 0.2) is 0 Å². The highest BCUT2D eigenvalue weighted by Crippen LogP contribution is 2.28. The van der Waals surface area contributed by atoms with Gasteiger partial charge < -0.3 is 4.74 Å². The third kappa shape index (κ3) is 3.08. The second kappa shape index (κ2) is 5.36. The van der Waals surface area contributed by atoms with Crippen molar-refractivity contribution in [3.63, 3.8) is 0 Å². The third-order valence-corrected chi connectivity index (χ3v) is 6.61. The number of hydrogen-bond donors (Lipinski definition) is 0. The molecule has 0 spiro atoms. The largest absolute Gasteiger partial charge is 0.377 e. The van der Waals surface area contributed by atoms with E-state index in [1.54, 1.807) is 19.2 Å². The van der Waals surface area contributed by atoms with Gasteiger partial charge in [-0.2, -0.15) is 4.31 Å². The van der Waals surface area contributed by atoms with Crippen LogP contribution in [0.1, 0.15) is 12.8 Å². The summed E-state index contributed by atoms with van der Waals surface area (Å²) in [6.45, 7) is 1.17. The normalized spacial score (nSPS) is 21.2. The second-order valence-electron chi connectivity index (χ2n) is 3.98. The summed E-state index contributed by atoms with van der Waals surface area (Å²) in [6, 6.07) is 3.37. The third-order valence-electron chi connectivity index (χ3n) is 2.70. The van der Waals surface area contributed by atoms with Gasteiger partial charge in [-0.3, -0.25) is 0 Å². The Morgan fingerprint density at radius 1 is 1.59 bits per heavy atom. The number of halogens is 1. The summed E-state index contributed by atoms with van der Waals surface area (Å²) >= 11 is 4.50. The van der Waals surface area contributed by atoms with Crippen molar-refractivity contribution in [3.05, 3.63) is 15.9 Å². The number of nitrogens with zero attached hydrogens (tertiary/aromatic N) is 1. The van der Waals surface area contributed by atoms with Gasteiger partial charge in [0.05, 0.1) is 9.89 Å². The molecule has 1 saturated heterocycles. The van der Waals surface area contributed by atoms with Crippen LogP contribution < -0.4 is 0 Å². The van der Waals surface area contributed by atoms with E-state index in [1.807, 2.05) is 0 Å². The van der Waals surface area contributed by atoms with Gasteiger partial charge in [-0.05, 0) is 40.9 Å². The predicted octanol–water partition coefficient (Wildman–Crippen LogP) is 2.31. The molecular formula is C10H14BrNO3S2. The molecule has 0 N–H and O–H groups in total. The quantitative estimate of drug-likeness (QED) is 0.845. The smallest absolute Gasteiger partial charge is 0.252 e. The highest BCUT2D eigenvalue weighted by molar-refractivity contribution is 9.11. The van der Waals surface area contributed by atoms with Gasteiger partial charge in [-0.25, -0.2) is 8.42 Å². The van der Waals surface area contributed by atoms with Crippen LogP contribution in [-0.2, 0) is 14.8 Å². The van der Waals surface area contributed by atoms with Crippen LogP contribution in [0.3, 0.4) is 0 Å². The van der Waals surface area contributed by atoms with Gasteiger partial charge >= 0.3 is 0 Å². The zero-order valence-electron chi connectivity index (χ0n) is 9.43. The molecule has 0 bridgehead atoms. The summed E-state index contributed by atoms with van der Waals surface area (Å²) in [7, 11) is -1.76. The monoisotopic (exact) mass is 339 g/mol. The van der Waals surface area contributed by atoms with E-state index in [2.05, 4.69) is 15.9 Å². The second-order valence-corrected chi connectivity index (χ2v) is 8.71. The van der Waals surface area contributed by atoms with Gasteiger partial charge in [0.2, 0.25) is 0 Å². The molecule has 2 heterocycles. The molecule has 0 aliphatic carbocycles. The highest BCUT2D eigenvalue weighted by Gasteiger charge is 2.27. The maximum absolute atomic E-state index is 12.2. The lowest BCUT2D eigenvalue weighted by molar-refractivity contribution is 0.0979. The van der Waals surface area contributed by atoms with Crippen LogP contribution in [0.25, 0.3) is 0 Å². The lowest BCUT2D eigenvalue weighted by Gasteiger charge is -2.19. The van der Waals surface area contributed by atoms with E-state index in [1.165, 1.54) is 15.6 Å². The van der Waals surface area contributed by atoms with Gasteiger partial charge in [0, 0.05) is 20.2 Å². The maximum Gasteiger partial charge on any atom is 0.252 e. The summed E-state index contributed by atoms with van der Waals surface area (Å²) in [5.74, 6) is 0. The van der Waals surface area contributed by atoms with E-state index in [0.29, 0.717) is 10.8 Å². The summed E-state index contributed by atoms with van der Waals surface area (Å²) in [6.07, 6.45) is 2.00. The Morgan fingerprint density at radius 2 is 2.35 bits per heavy atom. The Bertz CT molecular complexity index is 479. The SMILES string of the molecule is CN(CC1CCCO1)S(=O)(=O)c1ccc(Br)s1. The van der Waals surface area contributed by atoms with E-state index in [-0.39, 0.29) is 6.10 Å². The van der Waals surface area contributed by atoms with Crippen molar-refractivity contribution in [3.8, 4) is 0 Å². The van der Waals surface area contributed by atoms with Crippen molar-refractivity contribution < 1.29 is 13.2 Å². The molecule has 1 aromatic heterocycles. The van der Waals surface area contributed by atoms with Gasteiger partial charge in [0.1, 0.15) is 4.21 Å². The molecule has 0 aromatic carbocycles. The predicted molar refractivity (Wildman–Crippen MR) is 70.8 cm³/mol. The van der Waals surface area contributed by atoms with Crippen molar-refractivity contribution in [2.45, 2.75) is 23.2 Å². The van der Waals surface area contributed by atoms with E-state index in [0.717, 1.165) is 23.2 Å². The van der Waals surface area contributed by atoms with E-state index in [4.69, 9.17) is 4.74 Å². The number of rotatable bonds is 4. The van der Waals surface area contributed by atoms with Crippen LogP contribution >= 0.6 is 27.3 Å². The molecule has 1 fully saturated rings. The van der Waals surface area contributed by atoms with Gasteiger partial charge in [0.25, 0.3) is 10.0 Å². The van der Waals surface area contributed by atoms with Crippen molar-refractivity contribution in [1.82, 2.24) is 4.31 Å². The Kier molecular flexibility index (Phi) is 4.25. The molecule has 1 atom stereocenters. The number of sulfonamides is 1. The van der Waals surface area contributed by atoms with Crippen LogP contribution in [0.2, 0.25) is 0 Å². The minimum absolute atomic E-state index is 0.0400. The van der Waals surface area contributed by atoms with E-state index < -0.39 is 10.0 Å². The van der Waals surface area contributed by atoms with Gasteiger partial charge in [-0.1, -0.05) is 0 Å². The number of ether oxygens (including phenoxy) is 1. The lowest BCUT2D eigenvalue weighted by Crippen LogP contribution is -2.33. The first kappa shape index (κ1) is 13.5. The molecule has 0 radical (unpaired) electrons. The standard InChI is InChI=1S/C10H14BrNO3S2/c1-12(7-8-3-2-6-15-8)17(13,14)10-5-4-9(11)16-10/h4-5,8H,2-3,6-7H2,1H3. The van der Waals surface area contributed by atoms with Crippen LogP contribution in [0, 0.1) is 0 Å². The first-order valence-electron chi connectivity index (χ1n) is 5.33. The zero-order chi connectivity index (χ0) is 12.5. The molecule has 0 saturated carbocycles. The zero-order valence-corrected chi connectivity index (χ0v) is 12.6. The minimum atomic E-state index is -3.36. The van der Waals surface area contributed by atoms with Gasteiger partial charge in [-0.15, -0.1) is 11.3 Å². The number of thiophene rings is 1. The van der Waals surface area contributed by atoms with Crippen LogP contribution in [0.15, 0.2) is 20.1 Å². The molecule has 4 nitrogen and oxygen atoms in total. The van der Waals surface area contributed by atoms with Crippen LogP contribution in [0.5, 0.6) is 0 Å².